The van der Waals surface area contributed by atoms with Gasteiger partial charge in [0.25, 0.3) is 0 Å². The molecule has 0 aliphatic heterocycles. The normalized spacial score (nSPS) is 10.8. The van der Waals surface area contributed by atoms with Gasteiger partial charge in [0.05, 0.1) is 24.3 Å². The van der Waals surface area contributed by atoms with Gasteiger partial charge in [0, 0.05) is 11.1 Å². The molecule has 7 heteroatoms. The minimum Gasteiger partial charge on any atom is -0.467 e. The van der Waals surface area contributed by atoms with Gasteiger partial charge in [-0.05, 0) is 36.4 Å². The molecule has 0 spiro atoms. The van der Waals surface area contributed by atoms with Crippen molar-refractivity contribution in [3.8, 4) is 22.6 Å². The number of carbonyl (C=O) groups excluding carboxylic acids is 1. The van der Waals surface area contributed by atoms with Crippen molar-refractivity contribution >= 4 is 17.7 Å². The highest BCUT2D eigenvalue weighted by Crippen LogP contribution is 2.32. The summed E-state index contributed by atoms with van der Waals surface area (Å²) in [6.07, 6.45) is 1.57. The molecule has 29 heavy (non-hydrogen) atoms. The van der Waals surface area contributed by atoms with Gasteiger partial charge in [0.2, 0.25) is 5.91 Å². The van der Waals surface area contributed by atoms with Gasteiger partial charge in [-0.3, -0.25) is 4.79 Å². The zero-order valence-electron chi connectivity index (χ0n) is 15.4. The zero-order chi connectivity index (χ0) is 20.1. The second-order valence-corrected chi connectivity index (χ2v) is 7.25. The van der Waals surface area contributed by atoms with E-state index in [1.54, 1.807) is 30.5 Å². The molecule has 2 N–H and O–H groups in total. The summed E-state index contributed by atoms with van der Waals surface area (Å²) >= 11 is 1.33. The number of benzene rings is 2. The first kappa shape index (κ1) is 19.0. The average Bonchev–Trinajstić information content (AvgIpc) is 3.42. The van der Waals surface area contributed by atoms with Crippen molar-refractivity contribution < 1.29 is 13.6 Å². The molecule has 2 heterocycles. The number of nitrogens with one attached hydrogen (secondary N) is 2. The number of halogens is 1. The first-order chi connectivity index (χ1) is 14.2. The summed E-state index contributed by atoms with van der Waals surface area (Å²) in [6, 6.07) is 19.5. The third kappa shape index (κ3) is 4.75. The maximum absolute atomic E-state index is 13.3. The number of thioether (sulfide) groups is 1. The van der Waals surface area contributed by atoms with E-state index in [0.717, 1.165) is 16.8 Å². The van der Waals surface area contributed by atoms with Crippen molar-refractivity contribution in [3.05, 3.63) is 84.6 Å². The molecule has 2 aromatic carbocycles. The number of hydrogen-bond acceptors (Lipinski definition) is 4. The van der Waals surface area contributed by atoms with E-state index in [2.05, 4.69) is 15.3 Å². The standard InChI is InChI=1S/C22H18FN3O2S/c23-17-10-8-15(9-11-17)20-22(26-21(25-20)16-5-2-1-3-6-16)29-14-19(27)24-13-18-7-4-12-28-18/h1-12H,13-14H2,(H,24,27)(H,25,26). The molecule has 0 bridgehead atoms. The fourth-order valence-electron chi connectivity index (χ4n) is 2.79. The highest BCUT2D eigenvalue weighted by molar-refractivity contribution is 8.00. The van der Waals surface area contributed by atoms with Gasteiger partial charge in [0.1, 0.15) is 22.4 Å². The number of aromatic nitrogens is 2. The first-order valence-electron chi connectivity index (χ1n) is 9.02. The van der Waals surface area contributed by atoms with Gasteiger partial charge in [0.15, 0.2) is 0 Å². The monoisotopic (exact) mass is 407 g/mol. The second-order valence-electron chi connectivity index (χ2n) is 6.28. The Morgan fingerprint density at radius 1 is 1.03 bits per heavy atom. The molecule has 0 aliphatic carbocycles. The van der Waals surface area contributed by atoms with Crippen LogP contribution in [0.15, 0.2) is 82.4 Å². The third-order valence-corrected chi connectivity index (χ3v) is 5.21. The Bertz CT molecular complexity index is 1080. The smallest absolute Gasteiger partial charge is 0.230 e. The SMILES string of the molecule is O=C(CSc1nc(-c2ccccc2)[nH]c1-c1ccc(F)cc1)NCc1ccco1. The lowest BCUT2D eigenvalue weighted by molar-refractivity contribution is -0.118. The van der Waals surface area contributed by atoms with E-state index in [1.165, 1.54) is 23.9 Å². The van der Waals surface area contributed by atoms with Gasteiger partial charge in [-0.1, -0.05) is 42.1 Å². The average molecular weight is 407 g/mol. The van der Waals surface area contributed by atoms with Crippen LogP contribution in [0.3, 0.4) is 0 Å². The quantitative estimate of drug-likeness (QED) is 0.428. The van der Waals surface area contributed by atoms with Crippen LogP contribution in [0.25, 0.3) is 22.6 Å². The molecule has 0 saturated heterocycles. The third-order valence-electron chi connectivity index (χ3n) is 4.23. The largest absolute Gasteiger partial charge is 0.467 e. The fraction of sp³-hybridized carbons (Fsp3) is 0.0909. The number of rotatable bonds is 7. The topological polar surface area (TPSA) is 70.9 Å². The molecule has 146 valence electrons. The Labute approximate surface area is 171 Å². The van der Waals surface area contributed by atoms with Gasteiger partial charge in [-0.25, -0.2) is 9.37 Å². The molecular formula is C22H18FN3O2S. The van der Waals surface area contributed by atoms with Crippen LogP contribution >= 0.6 is 11.8 Å². The summed E-state index contributed by atoms with van der Waals surface area (Å²) in [5.41, 5.74) is 2.50. The van der Waals surface area contributed by atoms with Crippen LogP contribution in [0.1, 0.15) is 5.76 Å². The second kappa shape index (κ2) is 8.79. The molecule has 0 aliphatic rings. The number of amides is 1. The van der Waals surface area contributed by atoms with Crippen LogP contribution in [0.2, 0.25) is 0 Å². The van der Waals surface area contributed by atoms with Crippen LogP contribution in [-0.2, 0) is 11.3 Å². The molecule has 1 amide bonds. The number of carbonyl (C=O) groups is 1. The van der Waals surface area contributed by atoms with E-state index in [1.807, 2.05) is 30.3 Å². The maximum Gasteiger partial charge on any atom is 0.230 e. The van der Waals surface area contributed by atoms with Crippen molar-refractivity contribution in [2.24, 2.45) is 0 Å². The molecule has 4 aromatic rings. The van der Waals surface area contributed by atoms with E-state index in [0.29, 0.717) is 23.2 Å². The summed E-state index contributed by atoms with van der Waals surface area (Å²) in [6.45, 7) is 0.340. The minimum absolute atomic E-state index is 0.124. The summed E-state index contributed by atoms with van der Waals surface area (Å²) < 4.78 is 18.6. The zero-order valence-corrected chi connectivity index (χ0v) is 16.2. The van der Waals surface area contributed by atoms with Crippen LogP contribution in [0, 0.1) is 5.82 Å². The van der Waals surface area contributed by atoms with Crippen LogP contribution in [0.5, 0.6) is 0 Å². The Morgan fingerprint density at radius 2 is 1.83 bits per heavy atom. The van der Waals surface area contributed by atoms with Crippen LogP contribution < -0.4 is 5.32 Å². The van der Waals surface area contributed by atoms with Gasteiger partial charge in [-0.2, -0.15) is 0 Å². The van der Waals surface area contributed by atoms with Crippen LogP contribution in [0.4, 0.5) is 4.39 Å². The van der Waals surface area contributed by atoms with Crippen molar-refractivity contribution in [2.75, 3.05) is 5.75 Å². The number of H-pyrrole nitrogens is 1. The summed E-state index contributed by atoms with van der Waals surface area (Å²) in [7, 11) is 0. The maximum atomic E-state index is 13.3. The summed E-state index contributed by atoms with van der Waals surface area (Å²) in [4.78, 5) is 20.2. The molecular weight excluding hydrogens is 389 g/mol. The molecule has 2 aromatic heterocycles. The van der Waals surface area contributed by atoms with Crippen molar-refractivity contribution in [1.82, 2.24) is 15.3 Å². The number of aromatic amines is 1. The van der Waals surface area contributed by atoms with Crippen molar-refractivity contribution in [3.63, 3.8) is 0 Å². The number of imidazole rings is 1. The Morgan fingerprint density at radius 3 is 2.55 bits per heavy atom. The molecule has 0 unspecified atom stereocenters. The molecule has 0 atom stereocenters. The summed E-state index contributed by atoms with van der Waals surface area (Å²) in [5.74, 6) is 1.17. The van der Waals surface area contributed by atoms with Gasteiger partial charge < -0.3 is 14.7 Å². The van der Waals surface area contributed by atoms with E-state index in [-0.39, 0.29) is 17.5 Å². The molecule has 4 rings (SSSR count). The van der Waals surface area contributed by atoms with Crippen molar-refractivity contribution in [2.45, 2.75) is 11.6 Å². The lowest BCUT2D eigenvalue weighted by Crippen LogP contribution is -2.24. The number of hydrogen-bond donors (Lipinski definition) is 2. The predicted octanol–water partition coefficient (Wildman–Crippen LogP) is 4.88. The van der Waals surface area contributed by atoms with E-state index in [9.17, 15) is 9.18 Å². The fourth-order valence-corrected chi connectivity index (χ4v) is 3.63. The van der Waals surface area contributed by atoms with E-state index in [4.69, 9.17) is 4.42 Å². The van der Waals surface area contributed by atoms with Gasteiger partial charge >= 0.3 is 0 Å². The lowest BCUT2D eigenvalue weighted by Gasteiger charge is -2.04. The van der Waals surface area contributed by atoms with Crippen molar-refractivity contribution in [1.29, 1.82) is 0 Å². The molecule has 0 fully saturated rings. The number of nitrogens with zero attached hydrogens (tertiary/aromatic N) is 1. The molecule has 5 nitrogen and oxygen atoms in total. The van der Waals surface area contributed by atoms with E-state index < -0.39 is 0 Å². The Hall–Kier alpha value is -3.32. The van der Waals surface area contributed by atoms with Gasteiger partial charge in [-0.15, -0.1) is 0 Å². The minimum atomic E-state index is -0.303. The lowest BCUT2D eigenvalue weighted by atomic mass is 10.2. The van der Waals surface area contributed by atoms with E-state index >= 15 is 0 Å². The summed E-state index contributed by atoms with van der Waals surface area (Å²) in [5, 5.41) is 3.50. The molecule has 0 saturated carbocycles. The van der Waals surface area contributed by atoms with Crippen LogP contribution in [-0.4, -0.2) is 21.6 Å². The molecule has 0 radical (unpaired) electrons. The Balaban J connectivity index is 1.53. The Kier molecular flexibility index (Phi) is 5.76. The number of furan rings is 1. The highest BCUT2D eigenvalue weighted by Gasteiger charge is 2.16. The highest BCUT2D eigenvalue weighted by atomic mass is 32.2. The predicted molar refractivity (Wildman–Crippen MR) is 111 cm³/mol. The first-order valence-corrected chi connectivity index (χ1v) is 10.0.